The summed E-state index contributed by atoms with van der Waals surface area (Å²) in [4.78, 5) is 0. The van der Waals surface area contributed by atoms with Crippen molar-refractivity contribution in [1.29, 1.82) is 0 Å². The molecule has 2 aromatic rings. The Labute approximate surface area is 166 Å². The van der Waals surface area contributed by atoms with Gasteiger partial charge in [0.2, 0.25) is 0 Å². The van der Waals surface area contributed by atoms with Crippen LogP contribution in [0.25, 0.3) is 0 Å². The molecule has 142 valence electrons. The Bertz CT molecular complexity index is 731. The lowest BCUT2D eigenvalue weighted by Gasteiger charge is -2.26. The minimum atomic E-state index is 0.570. The summed E-state index contributed by atoms with van der Waals surface area (Å²) >= 11 is 0. The fourth-order valence-corrected chi connectivity index (χ4v) is 4.12. The Morgan fingerprint density at radius 1 is 0.778 bits per heavy atom. The van der Waals surface area contributed by atoms with Crippen molar-refractivity contribution in [2.75, 3.05) is 0 Å². The predicted molar refractivity (Wildman–Crippen MR) is 117 cm³/mol. The second kappa shape index (κ2) is 10.4. The van der Waals surface area contributed by atoms with Gasteiger partial charge in [0.25, 0.3) is 0 Å². The third-order valence-electron chi connectivity index (χ3n) is 6.03. The molecule has 0 atom stereocenters. The molecule has 1 aliphatic carbocycles. The second-order valence-electron chi connectivity index (χ2n) is 8.07. The van der Waals surface area contributed by atoms with Gasteiger partial charge in [-0.05, 0) is 79.7 Å². The van der Waals surface area contributed by atoms with Crippen LogP contribution in [0.5, 0.6) is 0 Å². The van der Waals surface area contributed by atoms with Gasteiger partial charge in [-0.25, -0.2) is 0 Å². The maximum absolute atomic E-state index is 3.55. The molecule has 3 rings (SSSR count). The van der Waals surface area contributed by atoms with Gasteiger partial charge < -0.3 is 0 Å². The van der Waals surface area contributed by atoms with E-state index in [1.165, 1.54) is 73.6 Å². The first kappa shape index (κ1) is 19.8. The highest BCUT2D eigenvalue weighted by atomic mass is 14.2. The first-order valence-corrected chi connectivity index (χ1v) is 11.0. The van der Waals surface area contributed by atoms with Crippen LogP contribution in [0.4, 0.5) is 0 Å². The summed E-state index contributed by atoms with van der Waals surface area (Å²) in [5, 5.41) is 0. The van der Waals surface area contributed by atoms with Crippen LogP contribution in [0.15, 0.2) is 48.5 Å². The molecule has 2 aromatic carbocycles. The SMILES string of the molecule is CCCCCc1ccc(C#CC2CCC(c3ccc(CC)cc3)CC2)cc1. The number of hydrogen-bond donors (Lipinski definition) is 0. The van der Waals surface area contributed by atoms with Crippen molar-refractivity contribution < 1.29 is 0 Å². The molecule has 0 nitrogen and oxygen atoms in total. The Kier molecular flexibility index (Phi) is 7.58. The third kappa shape index (κ3) is 6.00. The van der Waals surface area contributed by atoms with E-state index in [9.17, 15) is 0 Å². The zero-order chi connectivity index (χ0) is 18.9. The highest BCUT2D eigenvalue weighted by Gasteiger charge is 2.21. The van der Waals surface area contributed by atoms with E-state index in [0.717, 1.165) is 12.3 Å². The Hall–Kier alpha value is -2.00. The fourth-order valence-electron chi connectivity index (χ4n) is 4.12. The van der Waals surface area contributed by atoms with E-state index in [0.29, 0.717) is 5.92 Å². The van der Waals surface area contributed by atoms with Gasteiger partial charge in [-0.15, -0.1) is 0 Å². The van der Waals surface area contributed by atoms with Gasteiger partial charge in [0, 0.05) is 11.5 Å². The summed E-state index contributed by atoms with van der Waals surface area (Å²) in [6.45, 7) is 4.48. The Balaban J connectivity index is 1.49. The zero-order valence-corrected chi connectivity index (χ0v) is 17.1. The lowest BCUT2D eigenvalue weighted by molar-refractivity contribution is 0.384. The van der Waals surface area contributed by atoms with Crippen LogP contribution < -0.4 is 0 Å². The molecule has 0 amide bonds. The van der Waals surface area contributed by atoms with E-state index in [1.807, 2.05) is 0 Å². The molecule has 0 heteroatoms. The van der Waals surface area contributed by atoms with Crippen molar-refractivity contribution >= 4 is 0 Å². The lowest BCUT2D eigenvalue weighted by atomic mass is 9.79. The zero-order valence-electron chi connectivity index (χ0n) is 17.1. The quantitative estimate of drug-likeness (QED) is 0.375. The number of aryl methyl sites for hydroxylation is 2. The number of hydrogen-bond acceptors (Lipinski definition) is 0. The molecule has 1 fully saturated rings. The van der Waals surface area contributed by atoms with E-state index in [4.69, 9.17) is 0 Å². The minimum Gasteiger partial charge on any atom is -0.0945 e. The molecule has 0 heterocycles. The van der Waals surface area contributed by atoms with Gasteiger partial charge in [0.15, 0.2) is 0 Å². The van der Waals surface area contributed by atoms with Crippen LogP contribution in [0.3, 0.4) is 0 Å². The third-order valence-corrected chi connectivity index (χ3v) is 6.03. The van der Waals surface area contributed by atoms with Crippen molar-refractivity contribution in [2.45, 2.75) is 77.6 Å². The molecule has 0 N–H and O–H groups in total. The Morgan fingerprint density at radius 3 is 2.07 bits per heavy atom. The van der Waals surface area contributed by atoms with E-state index >= 15 is 0 Å². The van der Waals surface area contributed by atoms with Gasteiger partial charge >= 0.3 is 0 Å². The summed E-state index contributed by atoms with van der Waals surface area (Å²) in [6.07, 6.45) is 11.3. The van der Waals surface area contributed by atoms with Crippen molar-refractivity contribution in [3.05, 3.63) is 70.8 Å². The molecule has 1 saturated carbocycles. The highest BCUT2D eigenvalue weighted by molar-refractivity contribution is 5.37. The number of rotatable bonds is 6. The standard InChI is InChI=1S/C27H34/c1-3-5-6-7-23-8-10-24(11-9-23)12-13-25-16-20-27(21-17-25)26-18-14-22(4-2)15-19-26/h8-11,14-15,18-19,25,27H,3-7,16-17,20-21H2,1-2H3. The van der Waals surface area contributed by atoms with E-state index in [2.05, 4.69) is 74.2 Å². The molecule has 0 aliphatic heterocycles. The van der Waals surface area contributed by atoms with Gasteiger partial charge in [0.05, 0.1) is 0 Å². The largest absolute Gasteiger partial charge is 0.0945 e. The molecular weight excluding hydrogens is 324 g/mol. The first-order chi connectivity index (χ1) is 13.3. The molecular formula is C27H34. The van der Waals surface area contributed by atoms with Gasteiger partial charge in [-0.2, -0.15) is 0 Å². The van der Waals surface area contributed by atoms with Crippen LogP contribution in [-0.2, 0) is 12.8 Å². The van der Waals surface area contributed by atoms with Gasteiger partial charge in [-0.3, -0.25) is 0 Å². The molecule has 0 saturated heterocycles. The van der Waals surface area contributed by atoms with Crippen molar-refractivity contribution in [3.63, 3.8) is 0 Å². The van der Waals surface area contributed by atoms with Crippen molar-refractivity contribution in [3.8, 4) is 11.8 Å². The van der Waals surface area contributed by atoms with Crippen LogP contribution >= 0.6 is 0 Å². The predicted octanol–water partition coefficient (Wildman–Crippen LogP) is 7.31. The molecule has 27 heavy (non-hydrogen) atoms. The Morgan fingerprint density at radius 2 is 1.44 bits per heavy atom. The van der Waals surface area contributed by atoms with Crippen LogP contribution in [0, 0.1) is 17.8 Å². The van der Waals surface area contributed by atoms with Crippen LogP contribution in [0.1, 0.15) is 87.0 Å². The maximum atomic E-state index is 3.55. The van der Waals surface area contributed by atoms with Crippen LogP contribution in [-0.4, -0.2) is 0 Å². The van der Waals surface area contributed by atoms with Crippen LogP contribution in [0.2, 0.25) is 0 Å². The van der Waals surface area contributed by atoms with E-state index < -0.39 is 0 Å². The average Bonchev–Trinajstić information content (AvgIpc) is 2.74. The molecule has 0 radical (unpaired) electrons. The van der Waals surface area contributed by atoms with E-state index in [1.54, 1.807) is 0 Å². The summed E-state index contributed by atoms with van der Waals surface area (Å²) in [5.41, 5.74) is 5.59. The average molecular weight is 359 g/mol. The molecule has 1 aliphatic rings. The molecule has 0 spiro atoms. The summed E-state index contributed by atoms with van der Waals surface area (Å²) in [5.74, 6) is 8.28. The normalized spacial score (nSPS) is 19.3. The summed E-state index contributed by atoms with van der Waals surface area (Å²) in [6, 6.07) is 18.2. The molecule has 0 unspecified atom stereocenters. The monoisotopic (exact) mass is 358 g/mol. The summed E-state index contributed by atoms with van der Waals surface area (Å²) in [7, 11) is 0. The van der Waals surface area contributed by atoms with Crippen molar-refractivity contribution in [1.82, 2.24) is 0 Å². The maximum Gasteiger partial charge on any atom is 0.0245 e. The topological polar surface area (TPSA) is 0 Å². The first-order valence-electron chi connectivity index (χ1n) is 11.0. The van der Waals surface area contributed by atoms with Gasteiger partial charge in [-0.1, -0.05) is 74.9 Å². The lowest BCUT2D eigenvalue weighted by Crippen LogP contribution is -2.12. The molecule has 0 aromatic heterocycles. The highest BCUT2D eigenvalue weighted by Crippen LogP contribution is 2.35. The number of unbranched alkanes of at least 4 members (excludes halogenated alkanes) is 2. The van der Waals surface area contributed by atoms with Gasteiger partial charge in [0.1, 0.15) is 0 Å². The minimum absolute atomic E-state index is 0.570. The molecule has 0 bridgehead atoms. The van der Waals surface area contributed by atoms with E-state index in [-0.39, 0.29) is 0 Å². The van der Waals surface area contributed by atoms with Crippen molar-refractivity contribution in [2.24, 2.45) is 5.92 Å². The smallest absolute Gasteiger partial charge is 0.0245 e. The number of benzene rings is 2. The fraction of sp³-hybridized carbons (Fsp3) is 0.481. The summed E-state index contributed by atoms with van der Waals surface area (Å²) < 4.78 is 0. The second-order valence-corrected chi connectivity index (χ2v) is 8.07.